The van der Waals surface area contributed by atoms with E-state index in [-0.39, 0.29) is 0 Å². The molecule has 0 atom stereocenters. The number of hydrogen-bond acceptors (Lipinski definition) is 3. The standard InChI is InChI=1S/C43H28N2S/c1-3-11-34(12-4-1)43(35-13-5-2-6-14-35)36-15-7-8-16-39(36)46-40-26-24-33(28-37(40)43)29-17-19-30(20-18-29)38-25-23-32-22-21-31-10-9-27-44-41(31)42(32)45-38/h1-28H. The van der Waals surface area contributed by atoms with Gasteiger partial charge in [0.15, 0.2) is 0 Å². The number of nitrogens with zero attached hydrogens (tertiary/aromatic N) is 2. The summed E-state index contributed by atoms with van der Waals surface area (Å²) in [6.07, 6.45) is 1.84. The van der Waals surface area contributed by atoms with Gasteiger partial charge in [0.25, 0.3) is 0 Å². The number of fused-ring (bicyclic) bond motifs is 5. The summed E-state index contributed by atoms with van der Waals surface area (Å²) in [7, 11) is 0. The zero-order valence-electron chi connectivity index (χ0n) is 25.0. The predicted octanol–water partition coefficient (Wildman–Crippen LogP) is 11.0. The Morgan fingerprint density at radius 3 is 1.80 bits per heavy atom. The Morgan fingerprint density at radius 1 is 0.435 bits per heavy atom. The Labute approximate surface area is 272 Å². The van der Waals surface area contributed by atoms with Gasteiger partial charge in [-0.1, -0.05) is 145 Å². The van der Waals surface area contributed by atoms with E-state index in [9.17, 15) is 0 Å². The van der Waals surface area contributed by atoms with Crippen LogP contribution >= 0.6 is 11.8 Å². The summed E-state index contributed by atoms with van der Waals surface area (Å²) >= 11 is 1.87. The average Bonchev–Trinajstić information content (AvgIpc) is 3.14. The molecule has 3 heteroatoms. The molecule has 3 heterocycles. The van der Waals surface area contributed by atoms with Crippen molar-refractivity contribution in [2.45, 2.75) is 15.2 Å². The van der Waals surface area contributed by atoms with E-state index in [0.29, 0.717) is 0 Å². The molecule has 2 nitrogen and oxygen atoms in total. The Bertz CT molecular complexity index is 2340. The first-order valence-corrected chi connectivity index (χ1v) is 16.4. The molecule has 8 aromatic rings. The zero-order chi connectivity index (χ0) is 30.5. The summed E-state index contributed by atoms with van der Waals surface area (Å²) in [5, 5.41) is 2.20. The Morgan fingerprint density at radius 2 is 1.04 bits per heavy atom. The number of hydrogen-bond donors (Lipinski definition) is 0. The van der Waals surface area contributed by atoms with Crippen LogP contribution in [0.25, 0.3) is 44.2 Å². The van der Waals surface area contributed by atoms with Crippen molar-refractivity contribution in [2.75, 3.05) is 0 Å². The van der Waals surface area contributed by atoms with Crippen LogP contribution in [-0.2, 0) is 5.41 Å². The first-order valence-electron chi connectivity index (χ1n) is 15.6. The maximum atomic E-state index is 5.08. The largest absolute Gasteiger partial charge is 0.254 e. The highest BCUT2D eigenvalue weighted by atomic mass is 32.2. The molecule has 216 valence electrons. The van der Waals surface area contributed by atoms with E-state index in [4.69, 9.17) is 4.98 Å². The van der Waals surface area contributed by atoms with Gasteiger partial charge in [-0.05, 0) is 63.7 Å². The molecule has 0 saturated carbocycles. The second-order valence-electron chi connectivity index (χ2n) is 11.8. The van der Waals surface area contributed by atoms with Gasteiger partial charge in [0.1, 0.15) is 0 Å². The van der Waals surface area contributed by atoms with Gasteiger partial charge in [0.05, 0.1) is 22.1 Å². The Balaban J connectivity index is 1.18. The molecule has 0 spiro atoms. The average molecular weight is 605 g/mol. The van der Waals surface area contributed by atoms with Gasteiger partial charge in [-0.3, -0.25) is 4.98 Å². The molecule has 0 N–H and O–H groups in total. The van der Waals surface area contributed by atoms with Gasteiger partial charge in [0, 0.05) is 32.3 Å². The van der Waals surface area contributed by atoms with E-state index >= 15 is 0 Å². The van der Waals surface area contributed by atoms with Crippen LogP contribution in [0, 0.1) is 0 Å². The minimum Gasteiger partial charge on any atom is -0.254 e. The maximum Gasteiger partial charge on any atom is 0.0972 e. The van der Waals surface area contributed by atoms with Crippen molar-refractivity contribution in [3.8, 4) is 22.4 Å². The molecule has 1 aliphatic heterocycles. The lowest BCUT2D eigenvalue weighted by atomic mass is 9.64. The fourth-order valence-corrected chi connectivity index (χ4v) is 8.28. The van der Waals surface area contributed by atoms with Gasteiger partial charge < -0.3 is 0 Å². The van der Waals surface area contributed by atoms with Crippen LogP contribution < -0.4 is 0 Å². The van der Waals surface area contributed by atoms with Crippen LogP contribution in [0.3, 0.4) is 0 Å². The quantitative estimate of drug-likeness (QED) is 0.187. The number of pyridine rings is 2. The number of aromatic nitrogens is 2. The van der Waals surface area contributed by atoms with Gasteiger partial charge >= 0.3 is 0 Å². The third kappa shape index (κ3) is 4.20. The lowest BCUT2D eigenvalue weighted by Gasteiger charge is -2.42. The van der Waals surface area contributed by atoms with Crippen molar-refractivity contribution in [1.29, 1.82) is 0 Å². The number of benzene rings is 6. The SMILES string of the molecule is c1ccc(C2(c3ccccc3)c3ccccc3Sc3ccc(-c4ccc(-c5ccc6ccc7cccnc7c6n5)cc4)cc32)cc1. The molecule has 0 bridgehead atoms. The van der Waals surface area contributed by atoms with E-state index in [1.165, 1.54) is 43.2 Å². The zero-order valence-corrected chi connectivity index (χ0v) is 25.8. The first kappa shape index (κ1) is 26.9. The highest BCUT2D eigenvalue weighted by Crippen LogP contribution is 2.56. The molecular formula is C43H28N2S. The van der Waals surface area contributed by atoms with E-state index in [2.05, 4.69) is 163 Å². The van der Waals surface area contributed by atoms with Gasteiger partial charge in [-0.2, -0.15) is 0 Å². The second-order valence-corrected chi connectivity index (χ2v) is 12.9. The van der Waals surface area contributed by atoms with Crippen molar-refractivity contribution in [1.82, 2.24) is 9.97 Å². The summed E-state index contributed by atoms with van der Waals surface area (Å²) in [6.45, 7) is 0. The molecule has 0 fully saturated rings. The Kier molecular flexibility index (Phi) is 6.32. The fourth-order valence-electron chi connectivity index (χ4n) is 7.10. The van der Waals surface area contributed by atoms with Crippen LogP contribution in [0.4, 0.5) is 0 Å². The summed E-state index contributed by atoms with van der Waals surface area (Å²) < 4.78 is 0. The van der Waals surface area contributed by atoms with Crippen molar-refractivity contribution in [2.24, 2.45) is 0 Å². The molecule has 1 aliphatic rings. The first-order chi connectivity index (χ1) is 22.8. The van der Waals surface area contributed by atoms with Crippen LogP contribution in [0.2, 0.25) is 0 Å². The third-order valence-electron chi connectivity index (χ3n) is 9.25. The highest BCUT2D eigenvalue weighted by molar-refractivity contribution is 7.99. The lowest BCUT2D eigenvalue weighted by molar-refractivity contribution is 0.703. The van der Waals surface area contributed by atoms with Gasteiger partial charge in [0.2, 0.25) is 0 Å². The molecule has 0 unspecified atom stereocenters. The van der Waals surface area contributed by atoms with Crippen molar-refractivity contribution in [3.63, 3.8) is 0 Å². The van der Waals surface area contributed by atoms with Crippen LogP contribution in [0.5, 0.6) is 0 Å². The molecule has 9 rings (SSSR count). The monoisotopic (exact) mass is 604 g/mol. The van der Waals surface area contributed by atoms with Crippen molar-refractivity contribution < 1.29 is 0 Å². The number of rotatable bonds is 4. The topological polar surface area (TPSA) is 25.8 Å². The molecule has 0 saturated heterocycles. The molecule has 6 aromatic carbocycles. The fraction of sp³-hybridized carbons (Fsp3) is 0.0233. The lowest BCUT2D eigenvalue weighted by Crippen LogP contribution is -2.34. The smallest absolute Gasteiger partial charge is 0.0972 e. The van der Waals surface area contributed by atoms with E-state index in [0.717, 1.165) is 33.1 Å². The van der Waals surface area contributed by atoms with Crippen molar-refractivity contribution >= 4 is 33.6 Å². The molecule has 0 aliphatic carbocycles. The van der Waals surface area contributed by atoms with Crippen LogP contribution in [0.1, 0.15) is 22.3 Å². The van der Waals surface area contributed by atoms with E-state index in [1.54, 1.807) is 0 Å². The second kappa shape index (κ2) is 10.8. The third-order valence-corrected chi connectivity index (χ3v) is 10.4. The maximum absolute atomic E-state index is 5.08. The summed E-state index contributed by atoms with van der Waals surface area (Å²) in [4.78, 5) is 12.3. The minimum absolute atomic E-state index is 0.443. The predicted molar refractivity (Wildman–Crippen MR) is 190 cm³/mol. The Hall–Kier alpha value is -5.51. The summed E-state index contributed by atoms with van der Waals surface area (Å²) in [5.41, 5.74) is 11.0. The van der Waals surface area contributed by atoms with Crippen LogP contribution in [-0.4, -0.2) is 9.97 Å². The van der Waals surface area contributed by atoms with Crippen molar-refractivity contribution in [3.05, 3.63) is 192 Å². The molecule has 0 amide bonds. The minimum atomic E-state index is -0.443. The van der Waals surface area contributed by atoms with Crippen LogP contribution in [0.15, 0.2) is 180 Å². The summed E-state index contributed by atoms with van der Waals surface area (Å²) in [5.74, 6) is 0. The van der Waals surface area contributed by atoms with Gasteiger partial charge in [-0.15, -0.1) is 0 Å². The van der Waals surface area contributed by atoms with E-state index in [1.807, 2.05) is 24.0 Å². The highest BCUT2D eigenvalue weighted by Gasteiger charge is 2.44. The molecule has 46 heavy (non-hydrogen) atoms. The van der Waals surface area contributed by atoms with E-state index < -0.39 is 5.41 Å². The molecule has 0 radical (unpaired) electrons. The summed E-state index contributed by atoms with van der Waals surface area (Å²) in [6, 6.07) is 59.2. The molecular weight excluding hydrogens is 577 g/mol. The van der Waals surface area contributed by atoms with Gasteiger partial charge in [-0.25, -0.2) is 4.98 Å². The molecule has 2 aromatic heterocycles. The normalized spacial score (nSPS) is 13.3.